The fourth-order valence-electron chi connectivity index (χ4n) is 7.36. The Morgan fingerprint density at radius 3 is 2.04 bits per heavy atom. The predicted octanol–water partition coefficient (Wildman–Crippen LogP) is 11.9. The largest absolute Gasteiger partial charge is 0.293 e. The molecular weight excluding hydrogens is 591 g/mol. The second-order valence-corrected chi connectivity index (χ2v) is 13.3. The summed E-state index contributed by atoms with van der Waals surface area (Å²) in [6.07, 6.45) is 0. The summed E-state index contributed by atoms with van der Waals surface area (Å²) in [5.41, 5.74) is 6.54. The van der Waals surface area contributed by atoms with Crippen LogP contribution in [0.2, 0.25) is 0 Å². The van der Waals surface area contributed by atoms with E-state index < -0.39 is 0 Å². The van der Waals surface area contributed by atoms with Crippen molar-refractivity contribution >= 4 is 74.9 Å². The van der Waals surface area contributed by atoms with E-state index in [4.69, 9.17) is 9.97 Å². The molecule has 0 fully saturated rings. The van der Waals surface area contributed by atoms with Crippen LogP contribution in [0.3, 0.4) is 0 Å². The molecule has 0 amide bonds. The van der Waals surface area contributed by atoms with Crippen molar-refractivity contribution in [2.75, 3.05) is 0 Å². The number of hydrogen-bond donors (Lipinski definition) is 0. The zero-order chi connectivity index (χ0) is 31.1. The summed E-state index contributed by atoms with van der Waals surface area (Å²) >= 11 is 1.90. The van der Waals surface area contributed by atoms with Crippen LogP contribution in [-0.4, -0.2) is 14.5 Å². The van der Waals surface area contributed by atoms with E-state index in [-0.39, 0.29) is 0 Å². The highest BCUT2D eigenvalue weighted by Gasteiger charge is 2.24. The van der Waals surface area contributed by atoms with Crippen molar-refractivity contribution in [1.82, 2.24) is 14.5 Å². The first kappa shape index (κ1) is 26.4. The Morgan fingerprint density at radius 2 is 1.23 bits per heavy atom. The zero-order valence-corrected chi connectivity index (χ0v) is 26.4. The molecule has 47 heavy (non-hydrogen) atoms. The lowest BCUT2D eigenvalue weighted by Crippen LogP contribution is -2.02. The molecule has 0 aliphatic carbocycles. The molecule has 3 aromatic heterocycles. The number of nitrogens with zero attached hydrogens (tertiary/aromatic N) is 3. The summed E-state index contributed by atoms with van der Waals surface area (Å²) in [6, 6.07) is 52.0. The van der Waals surface area contributed by atoms with Gasteiger partial charge in [-0.05, 0) is 41.3 Å². The van der Waals surface area contributed by atoms with E-state index >= 15 is 0 Å². The summed E-state index contributed by atoms with van der Waals surface area (Å²) in [5, 5.41) is 10.2. The van der Waals surface area contributed by atoms with Gasteiger partial charge in [-0.2, -0.15) is 0 Å². The number of thiophene rings is 1. The molecule has 0 aliphatic rings. The molecule has 0 bridgehead atoms. The Kier molecular flexibility index (Phi) is 5.66. The molecule has 7 aromatic carbocycles. The quantitative estimate of drug-likeness (QED) is 0.197. The lowest BCUT2D eigenvalue weighted by Gasteiger charge is -2.13. The van der Waals surface area contributed by atoms with Crippen LogP contribution < -0.4 is 0 Å². The summed E-state index contributed by atoms with van der Waals surface area (Å²) in [5.74, 6) is 1.56. The molecule has 0 radical (unpaired) electrons. The van der Waals surface area contributed by atoms with Crippen LogP contribution in [0, 0.1) is 6.92 Å². The first-order chi connectivity index (χ1) is 23.2. The monoisotopic (exact) mass is 617 g/mol. The predicted molar refractivity (Wildman–Crippen MR) is 200 cm³/mol. The molecule has 0 atom stereocenters. The van der Waals surface area contributed by atoms with Crippen molar-refractivity contribution in [3.05, 3.63) is 151 Å². The molecule has 220 valence electrons. The molecule has 0 N–H and O–H groups in total. The van der Waals surface area contributed by atoms with Crippen LogP contribution in [0.25, 0.3) is 92.0 Å². The van der Waals surface area contributed by atoms with Gasteiger partial charge in [-0.25, -0.2) is 9.97 Å². The van der Waals surface area contributed by atoms with E-state index in [1.54, 1.807) is 0 Å². The van der Waals surface area contributed by atoms with Crippen LogP contribution in [0.1, 0.15) is 5.56 Å². The van der Waals surface area contributed by atoms with Crippen LogP contribution in [-0.2, 0) is 0 Å². The summed E-state index contributed by atoms with van der Waals surface area (Å²) < 4.78 is 5.03. The Balaban J connectivity index is 1.46. The third kappa shape index (κ3) is 3.92. The van der Waals surface area contributed by atoms with Crippen LogP contribution >= 0.6 is 11.3 Å². The van der Waals surface area contributed by atoms with Crippen molar-refractivity contribution in [2.45, 2.75) is 6.92 Å². The maximum absolute atomic E-state index is 5.35. The minimum Gasteiger partial charge on any atom is -0.293 e. The van der Waals surface area contributed by atoms with E-state index in [1.165, 1.54) is 63.6 Å². The maximum Gasteiger partial charge on any atom is 0.162 e. The fourth-order valence-corrected chi connectivity index (χ4v) is 8.61. The Labute approximate surface area is 275 Å². The molecule has 0 unspecified atom stereocenters. The molecule has 3 nitrogen and oxygen atoms in total. The highest BCUT2D eigenvalue weighted by atomic mass is 32.1. The molecule has 0 saturated heterocycles. The Morgan fingerprint density at radius 1 is 0.532 bits per heavy atom. The normalized spacial score (nSPS) is 11.9. The van der Waals surface area contributed by atoms with Crippen molar-refractivity contribution < 1.29 is 0 Å². The van der Waals surface area contributed by atoms with Crippen molar-refractivity contribution in [3.8, 4) is 28.5 Å². The highest BCUT2D eigenvalue weighted by Crippen LogP contribution is 2.49. The summed E-state index contributed by atoms with van der Waals surface area (Å²) in [4.78, 5) is 10.5. The molecule has 10 rings (SSSR count). The van der Waals surface area contributed by atoms with Crippen molar-refractivity contribution in [1.29, 1.82) is 0 Å². The van der Waals surface area contributed by atoms with Gasteiger partial charge >= 0.3 is 0 Å². The Bertz CT molecular complexity index is 2790. The van der Waals surface area contributed by atoms with Crippen LogP contribution in [0.5, 0.6) is 0 Å². The van der Waals surface area contributed by atoms with Gasteiger partial charge in [0.1, 0.15) is 5.82 Å². The van der Waals surface area contributed by atoms with Crippen molar-refractivity contribution in [3.63, 3.8) is 0 Å². The minimum absolute atomic E-state index is 0.709. The van der Waals surface area contributed by atoms with E-state index in [0.717, 1.165) is 28.2 Å². The molecule has 0 saturated carbocycles. The standard InChI is InChI=1S/C43H27N3S/c1-26-20-23-36-33(24-26)38-31-18-10-11-19-32(31)41-40(42(38)47-36)39-30-17-9-8-12-27(30)21-22-35(39)46(41)37-25-34(28-13-4-2-5-14-28)44-43(45-37)29-15-6-3-7-16-29/h2-25H,1H3. The second kappa shape index (κ2) is 10.1. The average Bonchev–Trinajstić information content (AvgIpc) is 3.69. The van der Waals surface area contributed by atoms with Gasteiger partial charge < -0.3 is 0 Å². The van der Waals surface area contributed by atoms with Crippen LogP contribution in [0.15, 0.2) is 146 Å². The van der Waals surface area contributed by atoms with Gasteiger partial charge in [0.05, 0.1) is 16.7 Å². The number of rotatable bonds is 3. The molecule has 0 spiro atoms. The van der Waals surface area contributed by atoms with Gasteiger partial charge in [0, 0.05) is 53.5 Å². The van der Waals surface area contributed by atoms with Gasteiger partial charge in [-0.3, -0.25) is 4.57 Å². The van der Waals surface area contributed by atoms with Gasteiger partial charge in [0.2, 0.25) is 0 Å². The maximum atomic E-state index is 5.35. The molecule has 4 heteroatoms. The second-order valence-electron chi connectivity index (χ2n) is 12.3. The smallest absolute Gasteiger partial charge is 0.162 e. The molecular formula is C43H27N3S. The summed E-state index contributed by atoms with van der Waals surface area (Å²) in [7, 11) is 0. The van der Waals surface area contributed by atoms with Gasteiger partial charge in [-0.1, -0.05) is 127 Å². The van der Waals surface area contributed by atoms with Gasteiger partial charge in [-0.15, -0.1) is 11.3 Å². The average molecular weight is 618 g/mol. The molecule has 10 aromatic rings. The summed E-state index contributed by atoms with van der Waals surface area (Å²) in [6.45, 7) is 2.19. The number of fused-ring (bicyclic) bond motifs is 12. The molecule has 3 heterocycles. The van der Waals surface area contributed by atoms with E-state index in [0.29, 0.717) is 5.82 Å². The number of aromatic nitrogens is 3. The van der Waals surface area contributed by atoms with Gasteiger partial charge in [0.25, 0.3) is 0 Å². The molecule has 0 aliphatic heterocycles. The zero-order valence-electron chi connectivity index (χ0n) is 25.6. The lowest BCUT2D eigenvalue weighted by molar-refractivity contribution is 1.05. The van der Waals surface area contributed by atoms with E-state index in [2.05, 4.69) is 133 Å². The topological polar surface area (TPSA) is 30.7 Å². The number of benzene rings is 7. The van der Waals surface area contributed by atoms with Crippen LogP contribution in [0.4, 0.5) is 0 Å². The van der Waals surface area contributed by atoms with Gasteiger partial charge in [0.15, 0.2) is 5.82 Å². The minimum atomic E-state index is 0.709. The third-order valence-electron chi connectivity index (χ3n) is 9.42. The SMILES string of the molecule is Cc1ccc2sc3c(c2c1)c1ccccc1c1c3c2c3ccccc3ccc2n1-c1cc(-c2ccccc2)nc(-c2ccccc2)n1. The number of hydrogen-bond acceptors (Lipinski definition) is 3. The first-order valence-corrected chi connectivity index (χ1v) is 16.7. The number of aryl methyl sites for hydroxylation is 1. The lowest BCUT2D eigenvalue weighted by atomic mass is 9.97. The first-order valence-electron chi connectivity index (χ1n) is 15.9. The van der Waals surface area contributed by atoms with E-state index in [1.807, 2.05) is 35.6 Å². The Hall–Kier alpha value is -5.84. The highest BCUT2D eigenvalue weighted by molar-refractivity contribution is 7.27. The third-order valence-corrected chi connectivity index (χ3v) is 10.6. The fraction of sp³-hybridized carbons (Fsp3) is 0.0233. The van der Waals surface area contributed by atoms with E-state index in [9.17, 15) is 0 Å². The van der Waals surface area contributed by atoms with Crippen molar-refractivity contribution in [2.24, 2.45) is 0 Å².